The van der Waals surface area contributed by atoms with E-state index < -0.39 is 17.1 Å². The molecule has 0 spiro atoms. The third-order valence-corrected chi connectivity index (χ3v) is 4.94. The van der Waals surface area contributed by atoms with Crippen LogP contribution in [0.1, 0.15) is 11.1 Å². The molecule has 0 unspecified atom stereocenters. The van der Waals surface area contributed by atoms with E-state index in [2.05, 4.69) is 5.32 Å². The van der Waals surface area contributed by atoms with Crippen LogP contribution < -0.4 is 5.32 Å². The number of para-hydroxylation sites is 1. The average molecular weight is 387 g/mol. The second-order valence-corrected chi connectivity index (χ2v) is 7.11. The molecule has 26 heavy (non-hydrogen) atoms. The minimum Gasteiger partial charge on any atom is -0.323 e. The van der Waals surface area contributed by atoms with Crippen molar-refractivity contribution in [2.75, 3.05) is 11.9 Å². The number of rotatable bonds is 4. The minimum absolute atomic E-state index is 0.296. The molecule has 7 heteroatoms. The number of hydrogen-bond acceptors (Lipinski definition) is 4. The molecule has 3 rings (SSSR count). The van der Waals surface area contributed by atoms with Gasteiger partial charge in [0.2, 0.25) is 5.91 Å². The second kappa shape index (κ2) is 7.76. The Balaban J connectivity index is 1.70. The number of thioether (sulfide) groups is 1. The van der Waals surface area contributed by atoms with Crippen LogP contribution in [0.5, 0.6) is 0 Å². The van der Waals surface area contributed by atoms with Gasteiger partial charge in [0.1, 0.15) is 6.54 Å². The Bertz CT molecular complexity index is 909. The number of aryl methyl sites for hydroxylation is 1. The van der Waals surface area contributed by atoms with Crippen molar-refractivity contribution in [1.82, 2.24) is 4.90 Å². The molecule has 2 aromatic carbocycles. The van der Waals surface area contributed by atoms with E-state index in [-0.39, 0.29) is 6.54 Å². The Morgan fingerprint density at radius 2 is 1.85 bits per heavy atom. The summed E-state index contributed by atoms with van der Waals surface area (Å²) < 4.78 is 0. The van der Waals surface area contributed by atoms with E-state index in [1.165, 1.54) is 0 Å². The number of benzene rings is 2. The number of nitrogens with zero attached hydrogens (tertiary/aromatic N) is 1. The van der Waals surface area contributed by atoms with Gasteiger partial charge in [-0.05, 0) is 42.5 Å². The highest BCUT2D eigenvalue weighted by molar-refractivity contribution is 8.18. The van der Waals surface area contributed by atoms with Gasteiger partial charge in [0, 0.05) is 0 Å². The van der Waals surface area contributed by atoms with E-state index in [1.54, 1.807) is 30.3 Å². The normalized spacial score (nSPS) is 15.6. The highest BCUT2D eigenvalue weighted by atomic mass is 35.5. The maximum absolute atomic E-state index is 12.5. The van der Waals surface area contributed by atoms with Gasteiger partial charge in [-0.2, -0.15) is 0 Å². The van der Waals surface area contributed by atoms with Crippen molar-refractivity contribution in [2.24, 2.45) is 0 Å². The van der Waals surface area contributed by atoms with E-state index in [0.717, 1.165) is 27.8 Å². The summed E-state index contributed by atoms with van der Waals surface area (Å²) in [6.07, 6.45) is 1.65. The molecular formula is C19H15ClN2O3S. The molecule has 5 nitrogen and oxygen atoms in total. The van der Waals surface area contributed by atoms with Crippen LogP contribution in [0.15, 0.2) is 53.4 Å². The molecule has 0 saturated carbocycles. The van der Waals surface area contributed by atoms with E-state index in [9.17, 15) is 14.4 Å². The Labute approximate surface area is 160 Å². The number of hydrogen-bond donors (Lipinski definition) is 1. The largest absolute Gasteiger partial charge is 0.323 e. The van der Waals surface area contributed by atoms with Crippen LogP contribution in [0.25, 0.3) is 6.08 Å². The predicted octanol–water partition coefficient (Wildman–Crippen LogP) is 4.32. The monoisotopic (exact) mass is 386 g/mol. The van der Waals surface area contributed by atoms with Crippen LogP contribution in [0, 0.1) is 6.92 Å². The summed E-state index contributed by atoms with van der Waals surface area (Å²) in [6, 6.07) is 14.3. The van der Waals surface area contributed by atoms with Gasteiger partial charge in [-0.25, -0.2) is 0 Å². The van der Waals surface area contributed by atoms with Crippen LogP contribution in [0.4, 0.5) is 10.5 Å². The van der Waals surface area contributed by atoms with Crippen molar-refractivity contribution in [1.29, 1.82) is 0 Å². The van der Waals surface area contributed by atoms with Crippen molar-refractivity contribution >= 4 is 52.2 Å². The van der Waals surface area contributed by atoms with Crippen LogP contribution in [-0.4, -0.2) is 28.5 Å². The van der Waals surface area contributed by atoms with E-state index in [1.807, 2.05) is 31.2 Å². The van der Waals surface area contributed by atoms with Crippen molar-refractivity contribution in [2.45, 2.75) is 6.92 Å². The number of nitrogens with one attached hydrogen (secondary N) is 1. The zero-order valence-corrected chi connectivity index (χ0v) is 15.4. The molecule has 3 amide bonds. The molecule has 2 aromatic rings. The molecule has 1 saturated heterocycles. The van der Waals surface area contributed by atoms with Crippen molar-refractivity contribution in [3.05, 3.63) is 69.6 Å². The molecule has 0 aromatic heterocycles. The zero-order valence-electron chi connectivity index (χ0n) is 13.9. The fourth-order valence-corrected chi connectivity index (χ4v) is 3.37. The molecule has 1 heterocycles. The van der Waals surface area contributed by atoms with Gasteiger partial charge >= 0.3 is 0 Å². The lowest BCUT2D eigenvalue weighted by Gasteiger charge is -2.13. The molecule has 0 aliphatic carbocycles. The van der Waals surface area contributed by atoms with Gasteiger partial charge < -0.3 is 5.32 Å². The summed E-state index contributed by atoms with van der Waals surface area (Å²) in [4.78, 5) is 38.0. The number of carbonyl (C=O) groups excluding carboxylic acids is 3. The fraction of sp³-hybridized carbons (Fsp3) is 0.105. The van der Waals surface area contributed by atoms with Crippen LogP contribution in [0.2, 0.25) is 5.02 Å². The molecule has 0 radical (unpaired) electrons. The first-order chi connectivity index (χ1) is 12.4. The molecular weight excluding hydrogens is 372 g/mol. The Hall–Kier alpha value is -2.57. The van der Waals surface area contributed by atoms with Gasteiger partial charge in [0.05, 0.1) is 15.6 Å². The molecule has 0 atom stereocenters. The third-order valence-electron chi connectivity index (χ3n) is 3.70. The summed E-state index contributed by atoms with van der Waals surface area (Å²) in [5.41, 5.74) is 2.36. The SMILES string of the molecule is Cc1ccc(/C=C2\SC(=O)N(CC(=O)Nc3ccccc3Cl)C2=O)cc1. The number of amides is 3. The van der Waals surface area contributed by atoms with E-state index in [4.69, 9.17) is 11.6 Å². The molecule has 132 valence electrons. The highest BCUT2D eigenvalue weighted by Gasteiger charge is 2.36. The average Bonchev–Trinajstić information content (AvgIpc) is 2.86. The maximum Gasteiger partial charge on any atom is 0.294 e. The summed E-state index contributed by atoms with van der Waals surface area (Å²) >= 11 is 6.82. The van der Waals surface area contributed by atoms with Gasteiger partial charge in [-0.3, -0.25) is 19.3 Å². The topological polar surface area (TPSA) is 66.5 Å². The third kappa shape index (κ3) is 4.15. The summed E-state index contributed by atoms with van der Waals surface area (Å²) in [7, 11) is 0. The van der Waals surface area contributed by atoms with Crippen LogP contribution in [-0.2, 0) is 9.59 Å². The molecule has 1 N–H and O–H groups in total. The maximum atomic E-state index is 12.5. The van der Waals surface area contributed by atoms with Crippen molar-refractivity contribution < 1.29 is 14.4 Å². The van der Waals surface area contributed by atoms with Crippen LogP contribution in [0.3, 0.4) is 0 Å². The lowest BCUT2D eigenvalue weighted by molar-refractivity contribution is -0.127. The van der Waals surface area contributed by atoms with Gasteiger partial charge in [-0.1, -0.05) is 53.6 Å². The number of halogens is 1. The van der Waals surface area contributed by atoms with Gasteiger partial charge in [-0.15, -0.1) is 0 Å². The number of imide groups is 1. The zero-order chi connectivity index (χ0) is 18.7. The van der Waals surface area contributed by atoms with Crippen LogP contribution >= 0.6 is 23.4 Å². The van der Waals surface area contributed by atoms with Crippen molar-refractivity contribution in [3.63, 3.8) is 0 Å². The molecule has 1 aliphatic heterocycles. The fourth-order valence-electron chi connectivity index (χ4n) is 2.35. The Kier molecular flexibility index (Phi) is 5.44. The van der Waals surface area contributed by atoms with Gasteiger partial charge in [0.25, 0.3) is 11.1 Å². The lowest BCUT2D eigenvalue weighted by Crippen LogP contribution is -2.36. The quantitative estimate of drug-likeness (QED) is 0.794. The summed E-state index contributed by atoms with van der Waals surface area (Å²) in [5, 5.41) is 2.52. The molecule has 1 fully saturated rings. The molecule has 0 bridgehead atoms. The highest BCUT2D eigenvalue weighted by Crippen LogP contribution is 2.32. The number of anilines is 1. The summed E-state index contributed by atoms with van der Waals surface area (Å²) in [5.74, 6) is -0.966. The Morgan fingerprint density at radius 1 is 1.15 bits per heavy atom. The first-order valence-corrected chi connectivity index (χ1v) is 9.00. The van der Waals surface area contributed by atoms with E-state index in [0.29, 0.717) is 15.6 Å². The van der Waals surface area contributed by atoms with E-state index >= 15 is 0 Å². The van der Waals surface area contributed by atoms with Gasteiger partial charge in [0.15, 0.2) is 0 Å². The Morgan fingerprint density at radius 3 is 2.54 bits per heavy atom. The summed E-state index contributed by atoms with van der Waals surface area (Å²) in [6.45, 7) is 1.61. The minimum atomic E-state index is -0.489. The van der Waals surface area contributed by atoms with Crippen molar-refractivity contribution in [3.8, 4) is 0 Å². The number of carbonyl (C=O) groups is 3. The second-order valence-electron chi connectivity index (χ2n) is 5.71. The predicted molar refractivity (Wildman–Crippen MR) is 104 cm³/mol. The first kappa shape index (κ1) is 18.2. The smallest absolute Gasteiger partial charge is 0.294 e. The lowest BCUT2D eigenvalue weighted by atomic mass is 10.1. The molecule has 1 aliphatic rings. The standard InChI is InChI=1S/C19H15ClN2O3S/c1-12-6-8-13(9-7-12)10-16-18(24)22(19(25)26-16)11-17(23)21-15-5-3-2-4-14(15)20/h2-10H,11H2,1H3,(H,21,23)/b16-10-. The first-order valence-electron chi connectivity index (χ1n) is 7.80.